The highest BCUT2D eigenvalue weighted by Crippen LogP contribution is 2.29. The van der Waals surface area contributed by atoms with Crippen LogP contribution in [0.5, 0.6) is 0 Å². The second-order valence-electron chi connectivity index (χ2n) is 5.78. The average molecular weight is 320 g/mol. The van der Waals surface area contributed by atoms with Crippen molar-refractivity contribution in [2.75, 3.05) is 24.7 Å². The minimum Gasteiger partial charge on any atom is -0.377 e. The first-order valence-electron chi connectivity index (χ1n) is 7.82. The van der Waals surface area contributed by atoms with Gasteiger partial charge >= 0.3 is 0 Å². The summed E-state index contributed by atoms with van der Waals surface area (Å²) in [6.45, 7) is 4.16. The molecule has 0 radical (unpaired) electrons. The van der Waals surface area contributed by atoms with E-state index in [2.05, 4.69) is 33.1 Å². The molecule has 7 heteroatoms. The fourth-order valence-electron chi connectivity index (χ4n) is 3.03. The number of aromatic amines is 1. The molecule has 0 aromatic carbocycles. The van der Waals surface area contributed by atoms with E-state index in [0.29, 0.717) is 30.0 Å². The molecule has 1 saturated heterocycles. The smallest absolute Gasteiger partial charge is 0.131 e. The lowest BCUT2D eigenvalue weighted by atomic mass is 10.1. The first kappa shape index (κ1) is 14.6. The molecule has 120 valence electrons. The summed E-state index contributed by atoms with van der Waals surface area (Å²) in [5.74, 6) is 0.781. The zero-order chi connectivity index (χ0) is 16.5. The van der Waals surface area contributed by atoms with E-state index in [1.807, 2.05) is 18.2 Å². The van der Waals surface area contributed by atoms with E-state index in [9.17, 15) is 5.26 Å². The van der Waals surface area contributed by atoms with Crippen molar-refractivity contribution in [1.82, 2.24) is 20.2 Å². The van der Waals surface area contributed by atoms with Crippen LogP contribution in [-0.2, 0) is 4.74 Å². The molecule has 1 fully saturated rings. The number of nitrogens with zero attached hydrogens (tertiary/aromatic N) is 5. The number of fused-ring (bicyclic) bond motifs is 1. The van der Waals surface area contributed by atoms with Crippen molar-refractivity contribution in [3.05, 3.63) is 36.2 Å². The molecule has 0 amide bonds. The highest BCUT2D eigenvalue weighted by molar-refractivity contribution is 5.95. The van der Waals surface area contributed by atoms with Gasteiger partial charge < -0.3 is 9.64 Å². The number of aromatic nitrogens is 4. The normalized spacial score (nSPS) is 17.8. The molecule has 3 aromatic heterocycles. The quantitative estimate of drug-likeness (QED) is 0.777. The van der Waals surface area contributed by atoms with Gasteiger partial charge in [-0.1, -0.05) is 0 Å². The van der Waals surface area contributed by atoms with Crippen LogP contribution in [0.4, 0.5) is 5.82 Å². The maximum absolute atomic E-state index is 9.58. The molecule has 0 bridgehead atoms. The van der Waals surface area contributed by atoms with Crippen molar-refractivity contribution < 1.29 is 4.74 Å². The van der Waals surface area contributed by atoms with E-state index < -0.39 is 0 Å². The molecule has 0 spiro atoms. The molecule has 0 saturated carbocycles. The number of nitrogens with one attached hydrogen (secondary N) is 1. The van der Waals surface area contributed by atoms with Gasteiger partial charge in [-0.3, -0.25) is 10.1 Å². The van der Waals surface area contributed by atoms with Gasteiger partial charge in [0.1, 0.15) is 17.0 Å². The van der Waals surface area contributed by atoms with Crippen LogP contribution in [0, 0.1) is 11.3 Å². The van der Waals surface area contributed by atoms with Gasteiger partial charge in [-0.25, -0.2) is 4.98 Å². The van der Waals surface area contributed by atoms with Gasteiger partial charge in [0, 0.05) is 24.3 Å². The molecule has 0 unspecified atom stereocenters. The number of rotatable bonds is 2. The second kappa shape index (κ2) is 5.91. The van der Waals surface area contributed by atoms with E-state index >= 15 is 0 Å². The molecular weight excluding hydrogens is 304 g/mol. The Morgan fingerprint density at radius 1 is 1.38 bits per heavy atom. The van der Waals surface area contributed by atoms with Crippen LogP contribution in [0.3, 0.4) is 0 Å². The predicted octanol–water partition coefficient (Wildman–Crippen LogP) is 2.12. The molecule has 1 atom stereocenters. The third kappa shape index (κ3) is 2.37. The highest BCUT2D eigenvalue weighted by atomic mass is 16.5. The second-order valence-corrected chi connectivity index (χ2v) is 5.78. The summed E-state index contributed by atoms with van der Waals surface area (Å²) in [6.07, 6.45) is 3.37. The number of pyridine rings is 2. The van der Waals surface area contributed by atoms with E-state index in [1.165, 1.54) is 0 Å². The first-order valence-corrected chi connectivity index (χ1v) is 7.82. The number of morpholine rings is 1. The fourth-order valence-corrected chi connectivity index (χ4v) is 3.03. The third-order valence-corrected chi connectivity index (χ3v) is 4.25. The lowest BCUT2D eigenvalue weighted by molar-refractivity contribution is 0.0985. The summed E-state index contributed by atoms with van der Waals surface area (Å²) < 4.78 is 5.50. The molecular formula is C17H16N6O. The maximum Gasteiger partial charge on any atom is 0.131 e. The molecule has 24 heavy (non-hydrogen) atoms. The van der Waals surface area contributed by atoms with Crippen LogP contribution in [0.25, 0.3) is 22.3 Å². The molecule has 7 nitrogen and oxygen atoms in total. The Bertz CT molecular complexity index is 915. The van der Waals surface area contributed by atoms with Crippen LogP contribution in [0.2, 0.25) is 0 Å². The highest BCUT2D eigenvalue weighted by Gasteiger charge is 2.22. The van der Waals surface area contributed by atoms with Gasteiger partial charge in [-0.2, -0.15) is 10.4 Å². The number of ether oxygens (including phenoxy) is 1. The van der Waals surface area contributed by atoms with E-state index in [0.717, 1.165) is 23.4 Å². The van der Waals surface area contributed by atoms with Crippen molar-refractivity contribution in [1.29, 1.82) is 5.26 Å². The molecule has 0 aliphatic carbocycles. The fraction of sp³-hybridized carbons (Fsp3) is 0.294. The van der Waals surface area contributed by atoms with Crippen LogP contribution < -0.4 is 4.90 Å². The van der Waals surface area contributed by atoms with E-state index in [4.69, 9.17) is 9.72 Å². The average Bonchev–Trinajstić information content (AvgIpc) is 3.15. The number of hydrogen-bond donors (Lipinski definition) is 1. The minimum atomic E-state index is 0.211. The standard InChI is InChI=1S/C17H16N6O/c1-11-10-24-7-6-23(11)15-8-12(9-18)13-2-4-19-17(16(13)21-15)14-3-5-20-22-14/h2-5,8,11H,6-7,10H2,1H3,(H,20,22)/t11-/m1/s1. The Labute approximate surface area is 138 Å². The molecule has 1 N–H and O–H groups in total. The summed E-state index contributed by atoms with van der Waals surface area (Å²) in [7, 11) is 0. The SMILES string of the molecule is C[C@@H]1COCCN1c1cc(C#N)c2ccnc(-c3ccn[nH]3)c2n1. The largest absolute Gasteiger partial charge is 0.377 e. The molecule has 4 rings (SSSR count). The Morgan fingerprint density at radius 3 is 3.04 bits per heavy atom. The molecule has 1 aliphatic heterocycles. The third-order valence-electron chi connectivity index (χ3n) is 4.25. The van der Waals surface area contributed by atoms with Gasteiger partial charge in [-0.05, 0) is 25.1 Å². The van der Waals surface area contributed by atoms with E-state index in [-0.39, 0.29) is 6.04 Å². The Balaban J connectivity index is 1.94. The van der Waals surface area contributed by atoms with Gasteiger partial charge in [0.25, 0.3) is 0 Å². The summed E-state index contributed by atoms with van der Waals surface area (Å²) in [5.41, 5.74) is 2.78. The summed E-state index contributed by atoms with van der Waals surface area (Å²) >= 11 is 0. The van der Waals surface area contributed by atoms with Crippen molar-refractivity contribution >= 4 is 16.7 Å². The van der Waals surface area contributed by atoms with Crippen LogP contribution in [-0.4, -0.2) is 46.0 Å². The lowest BCUT2D eigenvalue weighted by Crippen LogP contribution is -2.44. The Hall–Kier alpha value is -2.98. The maximum atomic E-state index is 9.58. The number of H-pyrrole nitrogens is 1. The van der Waals surface area contributed by atoms with Crippen molar-refractivity contribution in [2.45, 2.75) is 13.0 Å². The summed E-state index contributed by atoms with van der Waals surface area (Å²) in [6, 6.07) is 8.02. The molecule has 1 aliphatic rings. The van der Waals surface area contributed by atoms with Crippen molar-refractivity contribution in [3.8, 4) is 17.5 Å². The Kier molecular flexibility index (Phi) is 3.59. The summed E-state index contributed by atoms with van der Waals surface area (Å²) in [4.78, 5) is 11.4. The minimum absolute atomic E-state index is 0.211. The Morgan fingerprint density at radius 2 is 2.29 bits per heavy atom. The van der Waals surface area contributed by atoms with Gasteiger partial charge in [0.05, 0.1) is 36.6 Å². The predicted molar refractivity (Wildman–Crippen MR) is 89.5 cm³/mol. The monoisotopic (exact) mass is 320 g/mol. The van der Waals surface area contributed by atoms with Crippen LogP contribution in [0.15, 0.2) is 30.6 Å². The van der Waals surface area contributed by atoms with Gasteiger partial charge in [0.2, 0.25) is 0 Å². The molecule has 4 heterocycles. The van der Waals surface area contributed by atoms with Gasteiger partial charge in [-0.15, -0.1) is 0 Å². The lowest BCUT2D eigenvalue weighted by Gasteiger charge is -2.34. The van der Waals surface area contributed by atoms with Gasteiger partial charge in [0.15, 0.2) is 0 Å². The molecule has 3 aromatic rings. The van der Waals surface area contributed by atoms with E-state index in [1.54, 1.807) is 12.4 Å². The van der Waals surface area contributed by atoms with Crippen molar-refractivity contribution in [2.24, 2.45) is 0 Å². The van der Waals surface area contributed by atoms with Crippen LogP contribution >= 0.6 is 0 Å². The zero-order valence-electron chi connectivity index (χ0n) is 13.2. The van der Waals surface area contributed by atoms with Crippen LogP contribution in [0.1, 0.15) is 12.5 Å². The number of nitriles is 1. The summed E-state index contributed by atoms with van der Waals surface area (Å²) in [5, 5.41) is 17.3. The topological polar surface area (TPSA) is 90.7 Å². The van der Waals surface area contributed by atoms with Crippen molar-refractivity contribution in [3.63, 3.8) is 0 Å². The zero-order valence-corrected chi connectivity index (χ0v) is 13.2. The number of hydrogen-bond acceptors (Lipinski definition) is 6. The number of anilines is 1. The first-order chi connectivity index (χ1) is 11.8.